The molecule has 1 saturated heterocycles. The topological polar surface area (TPSA) is 43.8 Å². The minimum Gasteiger partial charge on any atom is -0.478 e. The second-order valence-corrected chi connectivity index (χ2v) is 5.64. The van der Waals surface area contributed by atoms with E-state index in [0.29, 0.717) is 6.04 Å². The average molecular weight is 288 g/mol. The van der Waals surface area contributed by atoms with E-state index < -0.39 is 5.97 Å². The molecule has 4 nitrogen and oxygen atoms in total. The molecule has 4 heteroatoms. The number of likely N-dealkylation sites (N-methyl/N-ethyl adjacent to an activating group) is 1. The second kappa shape index (κ2) is 6.76. The van der Waals surface area contributed by atoms with Crippen LogP contribution in [-0.2, 0) is 4.79 Å². The number of rotatable bonds is 4. The van der Waals surface area contributed by atoms with Crippen LogP contribution < -0.4 is 4.90 Å². The van der Waals surface area contributed by atoms with Crippen LogP contribution in [-0.4, -0.2) is 48.2 Å². The Kier molecular flexibility index (Phi) is 5.02. The number of nitrogens with zero attached hydrogens (tertiary/aromatic N) is 2. The first kappa shape index (κ1) is 15.6. The first-order valence-electron chi connectivity index (χ1n) is 7.52. The normalized spacial score (nSPS) is 20.1. The maximum absolute atomic E-state index is 10.6. The number of piperazine rings is 1. The van der Waals surface area contributed by atoms with Gasteiger partial charge in [0.15, 0.2) is 0 Å². The van der Waals surface area contributed by atoms with Crippen molar-refractivity contribution < 1.29 is 9.90 Å². The fourth-order valence-corrected chi connectivity index (χ4v) is 2.99. The summed E-state index contributed by atoms with van der Waals surface area (Å²) in [5, 5.41) is 8.68. The number of aryl methyl sites for hydroxylation is 1. The molecule has 1 aliphatic heterocycles. The molecule has 21 heavy (non-hydrogen) atoms. The van der Waals surface area contributed by atoms with Crippen molar-refractivity contribution in [3.8, 4) is 0 Å². The average Bonchev–Trinajstić information content (AvgIpc) is 2.45. The van der Waals surface area contributed by atoms with Crippen LogP contribution in [0.15, 0.2) is 24.3 Å². The Bertz CT molecular complexity index is 540. The van der Waals surface area contributed by atoms with Gasteiger partial charge in [-0.15, -0.1) is 0 Å². The highest BCUT2D eigenvalue weighted by Crippen LogP contribution is 2.24. The highest BCUT2D eigenvalue weighted by Gasteiger charge is 2.23. The van der Waals surface area contributed by atoms with E-state index in [1.165, 1.54) is 17.3 Å². The molecule has 1 fully saturated rings. The predicted molar refractivity (Wildman–Crippen MR) is 86.8 cm³/mol. The molecular formula is C17H24N2O2. The zero-order valence-electron chi connectivity index (χ0n) is 13.0. The molecule has 0 amide bonds. The van der Waals surface area contributed by atoms with Crippen molar-refractivity contribution in [1.29, 1.82) is 0 Å². The SMILES string of the molecule is CCN1CCN(c2ccc(C=CC(=O)O)cc2C)CC1C. The molecule has 0 bridgehead atoms. The molecule has 1 atom stereocenters. The lowest BCUT2D eigenvalue weighted by atomic mass is 10.1. The first-order chi connectivity index (χ1) is 10.0. The molecule has 1 heterocycles. The number of hydrogen-bond donors (Lipinski definition) is 1. The lowest BCUT2D eigenvalue weighted by molar-refractivity contribution is -0.131. The quantitative estimate of drug-likeness (QED) is 0.865. The fourth-order valence-electron chi connectivity index (χ4n) is 2.99. The van der Waals surface area contributed by atoms with Crippen LogP contribution in [0.4, 0.5) is 5.69 Å². The summed E-state index contributed by atoms with van der Waals surface area (Å²) in [6, 6.07) is 6.70. The summed E-state index contributed by atoms with van der Waals surface area (Å²) in [7, 11) is 0. The standard InChI is InChI=1S/C17H24N2O2/c1-4-18-9-10-19(12-14(18)3)16-7-5-15(11-13(16)2)6-8-17(20)21/h5-8,11,14H,4,9-10,12H2,1-3H3,(H,20,21). The number of carboxylic acid groups (broad SMARTS) is 1. The number of hydrogen-bond acceptors (Lipinski definition) is 3. The van der Waals surface area contributed by atoms with Gasteiger partial charge in [-0.2, -0.15) is 0 Å². The zero-order valence-corrected chi connectivity index (χ0v) is 13.0. The molecule has 1 unspecified atom stereocenters. The fraction of sp³-hybridized carbons (Fsp3) is 0.471. The van der Waals surface area contributed by atoms with Crippen LogP contribution in [0, 0.1) is 6.92 Å². The van der Waals surface area contributed by atoms with Crippen molar-refractivity contribution in [2.75, 3.05) is 31.1 Å². The lowest BCUT2D eigenvalue weighted by Gasteiger charge is -2.41. The Hall–Kier alpha value is -1.81. The number of carbonyl (C=O) groups is 1. The predicted octanol–water partition coefficient (Wildman–Crippen LogP) is 2.62. The Balaban J connectivity index is 2.13. The van der Waals surface area contributed by atoms with Gasteiger partial charge < -0.3 is 10.0 Å². The van der Waals surface area contributed by atoms with Gasteiger partial charge in [0.05, 0.1) is 0 Å². The third-order valence-corrected chi connectivity index (χ3v) is 4.15. The largest absolute Gasteiger partial charge is 0.478 e. The van der Waals surface area contributed by atoms with Crippen molar-refractivity contribution in [1.82, 2.24) is 4.90 Å². The van der Waals surface area contributed by atoms with Crippen molar-refractivity contribution in [2.24, 2.45) is 0 Å². The smallest absolute Gasteiger partial charge is 0.328 e. The highest BCUT2D eigenvalue weighted by atomic mass is 16.4. The number of aliphatic carboxylic acids is 1. The molecule has 1 aromatic carbocycles. The molecule has 1 aliphatic rings. The summed E-state index contributed by atoms with van der Waals surface area (Å²) < 4.78 is 0. The monoisotopic (exact) mass is 288 g/mol. The first-order valence-corrected chi connectivity index (χ1v) is 7.52. The minimum atomic E-state index is -0.916. The molecule has 0 radical (unpaired) electrons. The van der Waals surface area contributed by atoms with Crippen molar-refractivity contribution in [3.63, 3.8) is 0 Å². The van der Waals surface area contributed by atoms with E-state index in [-0.39, 0.29) is 0 Å². The van der Waals surface area contributed by atoms with Crippen molar-refractivity contribution >= 4 is 17.7 Å². The van der Waals surface area contributed by atoms with Crippen LogP contribution in [0.2, 0.25) is 0 Å². The van der Waals surface area contributed by atoms with Crippen LogP contribution in [0.5, 0.6) is 0 Å². The Morgan fingerprint density at radius 1 is 1.43 bits per heavy atom. The van der Waals surface area contributed by atoms with Gasteiger partial charge in [-0.05, 0) is 49.7 Å². The van der Waals surface area contributed by atoms with Crippen LogP contribution in [0.25, 0.3) is 6.08 Å². The van der Waals surface area contributed by atoms with Crippen LogP contribution >= 0.6 is 0 Å². The van der Waals surface area contributed by atoms with Crippen molar-refractivity contribution in [3.05, 3.63) is 35.4 Å². The highest BCUT2D eigenvalue weighted by molar-refractivity contribution is 5.85. The zero-order chi connectivity index (χ0) is 15.4. The third kappa shape index (κ3) is 3.85. The molecule has 1 N–H and O–H groups in total. The molecule has 114 valence electrons. The van der Waals surface area contributed by atoms with E-state index in [1.54, 1.807) is 6.08 Å². The van der Waals surface area contributed by atoms with Gasteiger partial charge in [0.25, 0.3) is 0 Å². The Morgan fingerprint density at radius 3 is 2.76 bits per heavy atom. The van der Waals surface area contributed by atoms with E-state index in [1.807, 2.05) is 12.1 Å². The van der Waals surface area contributed by atoms with Gasteiger partial charge >= 0.3 is 5.97 Å². The summed E-state index contributed by atoms with van der Waals surface area (Å²) in [5.74, 6) is -0.916. The Morgan fingerprint density at radius 2 is 2.19 bits per heavy atom. The summed E-state index contributed by atoms with van der Waals surface area (Å²) >= 11 is 0. The lowest BCUT2D eigenvalue weighted by Crippen LogP contribution is -2.51. The minimum absolute atomic E-state index is 0.565. The number of benzene rings is 1. The molecule has 0 aliphatic carbocycles. The molecule has 2 rings (SSSR count). The second-order valence-electron chi connectivity index (χ2n) is 5.64. The third-order valence-electron chi connectivity index (χ3n) is 4.15. The number of anilines is 1. The Labute approximate surface area is 126 Å². The van der Waals surface area contributed by atoms with Gasteiger partial charge in [-0.3, -0.25) is 4.90 Å². The van der Waals surface area contributed by atoms with Crippen LogP contribution in [0.3, 0.4) is 0 Å². The van der Waals surface area contributed by atoms with E-state index in [2.05, 4.69) is 36.6 Å². The van der Waals surface area contributed by atoms with E-state index in [0.717, 1.165) is 31.7 Å². The van der Waals surface area contributed by atoms with Crippen molar-refractivity contribution in [2.45, 2.75) is 26.8 Å². The van der Waals surface area contributed by atoms with Gasteiger partial charge in [0.1, 0.15) is 0 Å². The summed E-state index contributed by atoms with van der Waals surface area (Å²) in [4.78, 5) is 15.5. The summed E-state index contributed by atoms with van der Waals surface area (Å²) in [6.45, 7) is 10.9. The van der Waals surface area contributed by atoms with E-state index >= 15 is 0 Å². The van der Waals surface area contributed by atoms with Gasteiger partial charge in [0.2, 0.25) is 0 Å². The maximum Gasteiger partial charge on any atom is 0.328 e. The van der Waals surface area contributed by atoms with Gasteiger partial charge in [-0.25, -0.2) is 4.79 Å². The number of carboxylic acids is 1. The van der Waals surface area contributed by atoms with Gasteiger partial charge in [0, 0.05) is 37.4 Å². The van der Waals surface area contributed by atoms with E-state index in [4.69, 9.17) is 5.11 Å². The molecular weight excluding hydrogens is 264 g/mol. The summed E-state index contributed by atoms with van der Waals surface area (Å²) in [5.41, 5.74) is 3.38. The molecule has 1 aromatic rings. The molecule has 0 aromatic heterocycles. The van der Waals surface area contributed by atoms with E-state index in [9.17, 15) is 4.79 Å². The maximum atomic E-state index is 10.6. The van der Waals surface area contributed by atoms with Crippen LogP contribution in [0.1, 0.15) is 25.0 Å². The summed E-state index contributed by atoms with van der Waals surface area (Å²) in [6.07, 6.45) is 2.81. The van der Waals surface area contributed by atoms with Gasteiger partial charge in [-0.1, -0.05) is 13.0 Å². The molecule has 0 spiro atoms. The molecule has 0 saturated carbocycles.